The van der Waals surface area contributed by atoms with Crippen LogP contribution in [0.25, 0.3) is 11.3 Å². The van der Waals surface area contributed by atoms with Crippen LogP contribution in [0.15, 0.2) is 41.4 Å². The third kappa shape index (κ3) is 3.26. The number of nitro groups is 1. The molecule has 7 nitrogen and oxygen atoms in total. The van der Waals surface area contributed by atoms with Gasteiger partial charge in [0, 0.05) is 29.5 Å². The number of benzene rings is 2. The zero-order valence-corrected chi connectivity index (χ0v) is 15.4. The van der Waals surface area contributed by atoms with Crippen LogP contribution in [0.3, 0.4) is 0 Å². The molecule has 0 radical (unpaired) electrons. The highest BCUT2D eigenvalue weighted by Gasteiger charge is 2.22. The van der Waals surface area contributed by atoms with Crippen molar-refractivity contribution >= 4 is 28.4 Å². The van der Waals surface area contributed by atoms with Crippen LogP contribution in [0.2, 0.25) is 0 Å². The van der Waals surface area contributed by atoms with Gasteiger partial charge >= 0.3 is 0 Å². The lowest BCUT2D eigenvalue weighted by atomic mass is 10.1. The number of ether oxygens (including phenoxy) is 2. The van der Waals surface area contributed by atoms with Gasteiger partial charge < -0.3 is 9.47 Å². The summed E-state index contributed by atoms with van der Waals surface area (Å²) in [6, 6.07) is 10.6. The minimum absolute atomic E-state index is 0.0775. The summed E-state index contributed by atoms with van der Waals surface area (Å²) in [5.74, 6) is 1.46. The highest BCUT2D eigenvalue weighted by Crippen LogP contribution is 2.43. The molecule has 1 aliphatic rings. The quantitative estimate of drug-likeness (QED) is 0.372. The Labute approximate surface area is 159 Å². The van der Waals surface area contributed by atoms with Crippen molar-refractivity contribution in [2.24, 2.45) is 4.99 Å². The second-order valence-corrected chi connectivity index (χ2v) is 7.04. The fourth-order valence-corrected chi connectivity index (χ4v) is 3.66. The summed E-state index contributed by atoms with van der Waals surface area (Å²) in [6.07, 6.45) is 1.59. The van der Waals surface area contributed by atoms with E-state index in [-0.39, 0.29) is 5.69 Å². The minimum Gasteiger partial charge on any atom is -0.497 e. The lowest BCUT2D eigenvalue weighted by Crippen LogP contribution is -2.03. The van der Waals surface area contributed by atoms with Crippen LogP contribution in [0.5, 0.6) is 11.5 Å². The Morgan fingerprint density at radius 3 is 2.96 bits per heavy atom. The number of hydrogen-bond acceptors (Lipinski definition) is 7. The fraction of sp³-hybridized carbons (Fsp3) is 0.158. The predicted octanol–water partition coefficient (Wildman–Crippen LogP) is 4.68. The zero-order valence-electron chi connectivity index (χ0n) is 14.6. The first-order valence-corrected chi connectivity index (χ1v) is 8.97. The monoisotopic (exact) mass is 381 g/mol. The van der Waals surface area contributed by atoms with Crippen molar-refractivity contribution in [3.8, 4) is 22.8 Å². The summed E-state index contributed by atoms with van der Waals surface area (Å²) in [7, 11) is 1.61. The van der Waals surface area contributed by atoms with E-state index in [4.69, 9.17) is 9.47 Å². The van der Waals surface area contributed by atoms with Crippen LogP contribution in [-0.2, 0) is 6.61 Å². The van der Waals surface area contributed by atoms with E-state index in [1.165, 1.54) is 17.4 Å². The molecule has 0 amide bonds. The minimum atomic E-state index is -0.392. The van der Waals surface area contributed by atoms with Crippen LogP contribution < -0.4 is 9.47 Å². The van der Waals surface area contributed by atoms with Gasteiger partial charge in [0.1, 0.15) is 18.1 Å². The molecule has 0 atom stereocenters. The summed E-state index contributed by atoms with van der Waals surface area (Å²) in [6.45, 7) is 2.14. The molecule has 3 aromatic rings. The average Bonchev–Trinajstić information content (AvgIpc) is 3.10. The highest BCUT2D eigenvalue weighted by atomic mass is 32.1. The third-order valence-electron chi connectivity index (χ3n) is 4.24. The van der Waals surface area contributed by atoms with E-state index in [2.05, 4.69) is 9.98 Å². The summed E-state index contributed by atoms with van der Waals surface area (Å²) >= 11 is 1.44. The van der Waals surface area contributed by atoms with Crippen molar-refractivity contribution in [2.45, 2.75) is 13.5 Å². The molecule has 1 aromatic heterocycles. The third-order valence-corrected chi connectivity index (χ3v) is 5.18. The SMILES string of the molecule is COc1ccc2c(c1)OCc1sc(N=Cc3ccc(C)c([N+](=O)[O-])c3)nc1-2. The summed E-state index contributed by atoms with van der Waals surface area (Å²) in [4.78, 5) is 20.7. The Morgan fingerprint density at radius 1 is 1.33 bits per heavy atom. The topological polar surface area (TPSA) is 86.8 Å². The first-order valence-electron chi connectivity index (χ1n) is 8.15. The van der Waals surface area contributed by atoms with Gasteiger partial charge in [-0.15, -0.1) is 0 Å². The lowest BCUT2D eigenvalue weighted by molar-refractivity contribution is -0.385. The Morgan fingerprint density at radius 2 is 2.19 bits per heavy atom. The average molecular weight is 381 g/mol. The van der Waals surface area contributed by atoms with Crippen LogP contribution in [0.4, 0.5) is 10.8 Å². The van der Waals surface area contributed by atoms with E-state index in [9.17, 15) is 10.1 Å². The molecule has 0 fully saturated rings. The van der Waals surface area contributed by atoms with Crippen molar-refractivity contribution in [1.29, 1.82) is 0 Å². The van der Waals surface area contributed by atoms with E-state index in [1.807, 2.05) is 18.2 Å². The summed E-state index contributed by atoms with van der Waals surface area (Å²) < 4.78 is 11.0. The molecule has 0 spiro atoms. The number of methoxy groups -OCH3 is 1. The number of aryl methyl sites for hydroxylation is 1. The smallest absolute Gasteiger partial charge is 0.272 e. The second-order valence-electron chi connectivity index (χ2n) is 5.98. The molecule has 2 heterocycles. The lowest BCUT2D eigenvalue weighted by Gasteiger charge is -2.16. The predicted molar refractivity (Wildman–Crippen MR) is 104 cm³/mol. The van der Waals surface area contributed by atoms with E-state index in [1.54, 1.807) is 32.4 Å². The van der Waals surface area contributed by atoms with Gasteiger partial charge in [0.2, 0.25) is 5.13 Å². The molecular weight excluding hydrogens is 366 g/mol. The van der Waals surface area contributed by atoms with Gasteiger partial charge in [-0.3, -0.25) is 10.1 Å². The van der Waals surface area contributed by atoms with Crippen LogP contribution in [0, 0.1) is 17.0 Å². The molecule has 1 aliphatic heterocycles. The maximum absolute atomic E-state index is 11.1. The number of hydrogen-bond donors (Lipinski definition) is 0. The number of rotatable bonds is 4. The maximum atomic E-state index is 11.1. The van der Waals surface area contributed by atoms with Crippen molar-refractivity contribution < 1.29 is 14.4 Å². The molecule has 0 aliphatic carbocycles. The number of nitro benzene ring substituents is 1. The Balaban J connectivity index is 1.64. The number of fused-ring (bicyclic) bond motifs is 3. The fourth-order valence-electron chi connectivity index (χ4n) is 2.82. The van der Waals surface area contributed by atoms with Gasteiger partial charge in [0.05, 0.1) is 22.6 Å². The number of nitrogens with zero attached hydrogens (tertiary/aromatic N) is 3. The van der Waals surface area contributed by atoms with Crippen molar-refractivity contribution in [2.75, 3.05) is 7.11 Å². The highest BCUT2D eigenvalue weighted by molar-refractivity contribution is 7.15. The molecule has 0 saturated carbocycles. The first-order chi connectivity index (χ1) is 13.0. The Bertz CT molecular complexity index is 1070. The van der Waals surface area contributed by atoms with Crippen LogP contribution in [-0.4, -0.2) is 23.2 Å². The number of aliphatic imine (C=N–C) groups is 1. The van der Waals surface area contributed by atoms with Crippen molar-refractivity contribution in [3.05, 3.63) is 62.5 Å². The molecule has 2 aromatic carbocycles. The van der Waals surface area contributed by atoms with Gasteiger partial charge in [-0.25, -0.2) is 9.98 Å². The summed E-state index contributed by atoms with van der Waals surface area (Å²) in [5, 5.41) is 11.7. The van der Waals surface area contributed by atoms with Gasteiger partial charge in [-0.1, -0.05) is 23.5 Å². The number of aromatic nitrogens is 1. The molecular formula is C19H15N3O4S. The molecule has 0 unspecified atom stereocenters. The largest absolute Gasteiger partial charge is 0.497 e. The number of thiazole rings is 1. The van der Waals surface area contributed by atoms with Crippen LogP contribution in [0.1, 0.15) is 16.0 Å². The molecule has 0 bridgehead atoms. The molecule has 8 heteroatoms. The van der Waals surface area contributed by atoms with Gasteiger partial charge in [-0.2, -0.15) is 0 Å². The Kier molecular flexibility index (Phi) is 4.33. The van der Waals surface area contributed by atoms with Gasteiger partial charge in [0.25, 0.3) is 5.69 Å². The Hall–Kier alpha value is -3.26. The van der Waals surface area contributed by atoms with Crippen LogP contribution >= 0.6 is 11.3 Å². The molecule has 4 rings (SSSR count). The van der Waals surface area contributed by atoms with Gasteiger partial charge in [0.15, 0.2) is 0 Å². The molecule has 136 valence electrons. The van der Waals surface area contributed by atoms with E-state index < -0.39 is 4.92 Å². The maximum Gasteiger partial charge on any atom is 0.272 e. The second kappa shape index (κ2) is 6.81. The van der Waals surface area contributed by atoms with E-state index >= 15 is 0 Å². The molecule has 0 N–H and O–H groups in total. The van der Waals surface area contributed by atoms with E-state index in [0.29, 0.717) is 22.9 Å². The van der Waals surface area contributed by atoms with Crippen molar-refractivity contribution in [3.63, 3.8) is 0 Å². The van der Waals surface area contributed by atoms with Gasteiger partial charge in [-0.05, 0) is 24.6 Å². The van der Waals surface area contributed by atoms with E-state index in [0.717, 1.165) is 27.6 Å². The zero-order chi connectivity index (χ0) is 19.0. The first kappa shape index (κ1) is 17.2. The normalized spacial score (nSPS) is 12.4. The standard InChI is InChI=1S/C19H15N3O4S/c1-11-3-4-12(7-15(11)22(23)24)9-20-19-21-18-14-6-5-13(25-2)8-16(14)26-10-17(18)27-19/h3-9H,10H2,1-2H3. The molecule has 0 saturated heterocycles. The summed E-state index contributed by atoms with van der Waals surface area (Å²) in [5.41, 5.74) is 3.10. The molecule has 27 heavy (non-hydrogen) atoms. The van der Waals surface area contributed by atoms with Crippen molar-refractivity contribution in [1.82, 2.24) is 4.98 Å².